The van der Waals surface area contributed by atoms with Crippen molar-refractivity contribution in [2.45, 2.75) is 13.0 Å². The van der Waals surface area contributed by atoms with Gasteiger partial charge in [-0.1, -0.05) is 18.2 Å². The van der Waals surface area contributed by atoms with Gasteiger partial charge < -0.3 is 15.5 Å². The smallest absolute Gasteiger partial charge is 0.256 e. The van der Waals surface area contributed by atoms with E-state index in [0.717, 1.165) is 35.8 Å². The average molecular weight is 400 g/mol. The SMILES string of the molecule is CN/C=C(\N=N)c1ccc2cnc(NC(=O)c3ccc4c(c3)CCN(C)C4)cc2c1. The maximum atomic E-state index is 12.8. The Balaban J connectivity index is 1.58. The van der Waals surface area contributed by atoms with Gasteiger partial charge in [0.2, 0.25) is 0 Å². The Labute approximate surface area is 175 Å². The molecule has 0 unspecified atom stereocenters. The van der Waals surface area contributed by atoms with E-state index in [1.165, 1.54) is 11.1 Å². The zero-order valence-corrected chi connectivity index (χ0v) is 17.1. The highest BCUT2D eigenvalue weighted by molar-refractivity contribution is 6.04. The van der Waals surface area contributed by atoms with E-state index in [2.05, 4.69) is 32.7 Å². The topological polar surface area (TPSA) is 93.5 Å². The maximum Gasteiger partial charge on any atom is 0.256 e. The average Bonchev–Trinajstić information content (AvgIpc) is 2.76. The molecule has 3 aromatic rings. The molecule has 3 N–H and O–H groups in total. The van der Waals surface area contributed by atoms with Crippen LogP contribution in [-0.4, -0.2) is 36.4 Å². The number of carbonyl (C=O) groups is 1. The van der Waals surface area contributed by atoms with Crippen LogP contribution in [0.1, 0.15) is 27.0 Å². The number of hydrogen-bond acceptors (Lipinski definition) is 6. The lowest BCUT2D eigenvalue weighted by molar-refractivity contribution is 0.102. The summed E-state index contributed by atoms with van der Waals surface area (Å²) in [7, 11) is 3.87. The molecule has 1 amide bonds. The summed E-state index contributed by atoms with van der Waals surface area (Å²) in [5, 5.41) is 11.2. The minimum absolute atomic E-state index is 0.170. The van der Waals surface area contributed by atoms with E-state index >= 15 is 0 Å². The predicted octanol–water partition coefficient (Wildman–Crippen LogP) is 4.02. The second-order valence-corrected chi connectivity index (χ2v) is 7.49. The van der Waals surface area contributed by atoms with Gasteiger partial charge in [-0.15, -0.1) is 0 Å². The first-order valence-corrected chi connectivity index (χ1v) is 9.84. The standard InChI is InChI=1S/C23H24N6O/c1-25-13-21(28-24)16-3-5-18-12-26-22(11-20(18)10-16)27-23(30)17-4-6-19-14-29(2)8-7-15(19)9-17/h3-6,9-13,24-25H,7-8,14H2,1-2H3,(H,26,27,30)/b21-13-,28-24?. The molecule has 1 aliphatic rings. The van der Waals surface area contributed by atoms with Crippen molar-refractivity contribution in [2.24, 2.45) is 5.11 Å². The van der Waals surface area contributed by atoms with Crippen molar-refractivity contribution in [2.75, 3.05) is 26.0 Å². The number of amides is 1. The van der Waals surface area contributed by atoms with E-state index in [1.54, 1.807) is 19.4 Å². The quantitative estimate of drug-likeness (QED) is 0.564. The van der Waals surface area contributed by atoms with Crippen molar-refractivity contribution in [3.8, 4) is 0 Å². The fourth-order valence-corrected chi connectivity index (χ4v) is 3.71. The summed E-state index contributed by atoms with van der Waals surface area (Å²) in [5.41, 5.74) is 11.9. The lowest BCUT2D eigenvalue weighted by Gasteiger charge is -2.25. The molecule has 152 valence electrons. The number of hydrogen-bond donors (Lipinski definition) is 3. The zero-order chi connectivity index (χ0) is 21.1. The molecule has 2 heterocycles. The van der Waals surface area contributed by atoms with Gasteiger partial charge in [-0.05, 0) is 54.2 Å². The van der Waals surface area contributed by atoms with Crippen molar-refractivity contribution < 1.29 is 4.79 Å². The number of likely N-dealkylation sites (N-methyl/N-ethyl adjacent to an activating group) is 1. The number of pyridine rings is 1. The number of benzene rings is 2. The van der Waals surface area contributed by atoms with Crippen molar-refractivity contribution in [3.05, 3.63) is 77.1 Å². The van der Waals surface area contributed by atoms with Crippen LogP contribution in [0.3, 0.4) is 0 Å². The van der Waals surface area contributed by atoms with E-state index in [4.69, 9.17) is 5.53 Å². The molecule has 2 aromatic carbocycles. The first-order chi connectivity index (χ1) is 14.6. The molecule has 0 radical (unpaired) electrons. The predicted molar refractivity (Wildman–Crippen MR) is 118 cm³/mol. The highest BCUT2D eigenvalue weighted by atomic mass is 16.1. The molecule has 0 fully saturated rings. The third kappa shape index (κ3) is 4.06. The van der Waals surface area contributed by atoms with Crippen LogP contribution in [-0.2, 0) is 13.0 Å². The number of fused-ring (bicyclic) bond motifs is 2. The number of carbonyl (C=O) groups excluding carboxylic acids is 1. The van der Waals surface area contributed by atoms with Crippen molar-refractivity contribution in [1.82, 2.24) is 15.2 Å². The van der Waals surface area contributed by atoms with Crippen LogP contribution in [0.2, 0.25) is 0 Å². The lowest BCUT2D eigenvalue weighted by Crippen LogP contribution is -2.27. The van der Waals surface area contributed by atoms with Gasteiger partial charge in [-0.3, -0.25) is 4.79 Å². The number of anilines is 1. The van der Waals surface area contributed by atoms with Crippen LogP contribution < -0.4 is 10.6 Å². The molecule has 7 nitrogen and oxygen atoms in total. The molecule has 0 spiro atoms. The van der Waals surface area contributed by atoms with Gasteiger partial charge >= 0.3 is 0 Å². The molecule has 4 rings (SSSR count). The summed E-state index contributed by atoms with van der Waals surface area (Å²) in [4.78, 5) is 19.4. The third-order valence-electron chi connectivity index (χ3n) is 5.33. The summed E-state index contributed by atoms with van der Waals surface area (Å²) in [6.45, 7) is 1.92. The fourth-order valence-electron chi connectivity index (χ4n) is 3.71. The Morgan fingerprint density at radius 3 is 2.77 bits per heavy atom. The second kappa shape index (κ2) is 8.42. The van der Waals surface area contributed by atoms with Crippen LogP contribution in [0, 0.1) is 5.53 Å². The Morgan fingerprint density at radius 1 is 1.13 bits per heavy atom. The van der Waals surface area contributed by atoms with Gasteiger partial charge in [0.1, 0.15) is 11.5 Å². The summed E-state index contributed by atoms with van der Waals surface area (Å²) < 4.78 is 0. The van der Waals surface area contributed by atoms with Gasteiger partial charge in [0, 0.05) is 49.0 Å². The summed E-state index contributed by atoms with van der Waals surface area (Å²) >= 11 is 0. The van der Waals surface area contributed by atoms with Crippen LogP contribution in [0.4, 0.5) is 5.82 Å². The van der Waals surface area contributed by atoms with E-state index in [9.17, 15) is 4.79 Å². The first kappa shape index (κ1) is 19.7. The van der Waals surface area contributed by atoms with Gasteiger partial charge in [0.15, 0.2) is 0 Å². The van der Waals surface area contributed by atoms with Crippen LogP contribution in [0.15, 0.2) is 60.0 Å². The van der Waals surface area contributed by atoms with Crippen LogP contribution >= 0.6 is 0 Å². The molecular weight excluding hydrogens is 376 g/mol. The van der Waals surface area contributed by atoms with Crippen molar-refractivity contribution in [1.29, 1.82) is 5.53 Å². The van der Waals surface area contributed by atoms with Gasteiger partial charge in [0.05, 0.1) is 0 Å². The normalized spacial score (nSPS) is 14.3. The highest BCUT2D eigenvalue weighted by Crippen LogP contribution is 2.24. The fraction of sp³-hybridized carbons (Fsp3) is 0.217. The van der Waals surface area contributed by atoms with E-state index in [0.29, 0.717) is 17.1 Å². The monoisotopic (exact) mass is 400 g/mol. The van der Waals surface area contributed by atoms with Gasteiger partial charge in [-0.2, -0.15) is 5.11 Å². The van der Waals surface area contributed by atoms with Crippen LogP contribution in [0.25, 0.3) is 16.5 Å². The molecule has 7 heteroatoms. The largest absolute Gasteiger partial charge is 0.392 e. The lowest BCUT2D eigenvalue weighted by atomic mass is 9.97. The molecule has 0 atom stereocenters. The van der Waals surface area contributed by atoms with E-state index < -0.39 is 0 Å². The number of aromatic nitrogens is 1. The first-order valence-electron chi connectivity index (χ1n) is 9.84. The molecular formula is C23H24N6O. The number of rotatable bonds is 5. The Bertz CT molecular complexity index is 1150. The van der Waals surface area contributed by atoms with Crippen molar-refractivity contribution >= 4 is 28.2 Å². The highest BCUT2D eigenvalue weighted by Gasteiger charge is 2.16. The summed E-state index contributed by atoms with van der Waals surface area (Å²) in [6.07, 6.45) is 4.36. The number of nitrogens with one attached hydrogen (secondary N) is 3. The molecule has 0 saturated heterocycles. The van der Waals surface area contributed by atoms with Crippen LogP contribution in [0.5, 0.6) is 0 Å². The molecule has 0 saturated carbocycles. The Morgan fingerprint density at radius 2 is 1.97 bits per heavy atom. The third-order valence-corrected chi connectivity index (χ3v) is 5.33. The molecule has 0 aliphatic carbocycles. The minimum Gasteiger partial charge on any atom is -0.392 e. The minimum atomic E-state index is -0.170. The second-order valence-electron chi connectivity index (χ2n) is 7.49. The Kier molecular flexibility index (Phi) is 5.54. The van der Waals surface area contributed by atoms with Gasteiger partial charge in [0.25, 0.3) is 5.91 Å². The molecule has 30 heavy (non-hydrogen) atoms. The number of nitrogens with zero attached hydrogens (tertiary/aromatic N) is 3. The zero-order valence-electron chi connectivity index (χ0n) is 17.1. The molecule has 0 bridgehead atoms. The van der Waals surface area contributed by atoms with Gasteiger partial charge in [-0.25, -0.2) is 10.5 Å². The molecule has 1 aliphatic heterocycles. The summed E-state index contributed by atoms with van der Waals surface area (Å²) in [6, 6.07) is 13.5. The van der Waals surface area contributed by atoms with Crippen molar-refractivity contribution in [3.63, 3.8) is 0 Å². The maximum absolute atomic E-state index is 12.8. The van der Waals surface area contributed by atoms with E-state index in [-0.39, 0.29) is 5.91 Å². The molecule has 1 aromatic heterocycles. The van der Waals surface area contributed by atoms with E-state index in [1.807, 2.05) is 42.5 Å². The summed E-state index contributed by atoms with van der Waals surface area (Å²) in [5.74, 6) is 0.320. The Hall–Kier alpha value is -3.58.